The van der Waals surface area contributed by atoms with E-state index in [1.54, 1.807) is 24.3 Å². The molecule has 0 atom stereocenters. The van der Waals surface area contributed by atoms with E-state index in [0.717, 1.165) is 32.0 Å². The Hall–Kier alpha value is -3.86. The van der Waals surface area contributed by atoms with Gasteiger partial charge in [-0.1, -0.05) is 30.3 Å². The molecule has 2 amide bonds. The molecule has 0 saturated carbocycles. The molecule has 38 heavy (non-hydrogen) atoms. The van der Waals surface area contributed by atoms with Crippen LogP contribution in [0, 0.1) is 0 Å². The Morgan fingerprint density at radius 2 is 1.74 bits per heavy atom. The number of primary amides is 1. The minimum absolute atomic E-state index is 0.0532. The highest BCUT2D eigenvalue weighted by Gasteiger charge is 2.34. The van der Waals surface area contributed by atoms with Crippen molar-refractivity contribution >= 4 is 23.3 Å². The number of aromatic nitrogens is 2. The van der Waals surface area contributed by atoms with Crippen molar-refractivity contribution in [3.8, 4) is 11.3 Å². The number of rotatable bonds is 8. The summed E-state index contributed by atoms with van der Waals surface area (Å²) < 4.78 is 42.7. The van der Waals surface area contributed by atoms with Crippen LogP contribution in [0.25, 0.3) is 11.3 Å². The topological polar surface area (TPSA) is 119 Å². The molecule has 1 fully saturated rings. The number of carbonyl (C=O) groups excluding carboxylic acids is 2. The first-order chi connectivity index (χ1) is 17.9. The van der Waals surface area contributed by atoms with Gasteiger partial charge in [-0.05, 0) is 63.0 Å². The monoisotopic (exact) mass is 528 g/mol. The molecule has 202 valence electrons. The fourth-order valence-electron chi connectivity index (χ4n) is 4.69. The average Bonchev–Trinajstić information content (AvgIpc) is 3.47. The van der Waals surface area contributed by atoms with E-state index in [1.165, 1.54) is 16.8 Å². The molecule has 2 aromatic carbocycles. The van der Waals surface area contributed by atoms with E-state index in [2.05, 4.69) is 10.4 Å². The van der Waals surface area contributed by atoms with Crippen molar-refractivity contribution in [1.82, 2.24) is 14.7 Å². The zero-order valence-corrected chi connectivity index (χ0v) is 21.3. The SMILES string of the molecule is CC(C)n1nc(-c2ccc(CC(=O)Nc3ccc(CN4CCCC4)c(C(F)(F)F)c3)cc2)c(C(N)=O)c1N. The summed E-state index contributed by atoms with van der Waals surface area (Å²) in [5, 5.41) is 7.00. The highest BCUT2D eigenvalue weighted by Crippen LogP contribution is 2.35. The van der Waals surface area contributed by atoms with Crippen LogP contribution in [0.3, 0.4) is 0 Å². The van der Waals surface area contributed by atoms with Gasteiger partial charge >= 0.3 is 6.18 Å². The van der Waals surface area contributed by atoms with Crippen molar-refractivity contribution in [2.45, 2.75) is 51.9 Å². The number of hydrogen-bond acceptors (Lipinski definition) is 5. The Balaban J connectivity index is 1.48. The van der Waals surface area contributed by atoms with Crippen LogP contribution in [-0.4, -0.2) is 39.6 Å². The smallest absolute Gasteiger partial charge is 0.383 e. The first-order valence-electron chi connectivity index (χ1n) is 12.4. The lowest BCUT2D eigenvalue weighted by molar-refractivity contribution is -0.138. The molecule has 5 N–H and O–H groups in total. The molecule has 0 aliphatic carbocycles. The summed E-state index contributed by atoms with van der Waals surface area (Å²) in [6.45, 7) is 5.54. The van der Waals surface area contributed by atoms with Crippen LogP contribution in [0.4, 0.5) is 24.7 Å². The van der Waals surface area contributed by atoms with E-state index in [-0.39, 0.29) is 41.6 Å². The molecule has 1 saturated heterocycles. The van der Waals surface area contributed by atoms with Crippen molar-refractivity contribution in [2.75, 3.05) is 24.1 Å². The third kappa shape index (κ3) is 5.99. The highest BCUT2D eigenvalue weighted by atomic mass is 19.4. The Kier molecular flexibility index (Phi) is 7.77. The summed E-state index contributed by atoms with van der Waals surface area (Å²) in [6, 6.07) is 10.6. The van der Waals surface area contributed by atoms with Gasteiger partial charge in [0, 0.05) is 23.8 Å². The molecule has 1 aromatic heterocycles. The van der Waals surface area contributed by atoms with E-state index < -0.39 is 23.6 Å². The third-order valence-corrected chi connectivity index (χ3v) is 6.57. The molecular weight excluding hydrogens is 497 g/mol. The van der Waals surface area contributed by atoms with E-state index in [4.69, 9.17) is 11.5 Å². The minimum atomic E-state index is -4.53. The fourth-order valence-corrected chi connectivity index (χ4v) is 4.69. The van der Waals surface area contributed by atoms with Gasteiger partial charge in [0.2, 0.25) is 5.91 Å². The van der Waals surface area contributed by atoms with Crippen LogP contribution in [0.5, 0.6) is 0 Å². The number of halogens is 3. The molecule has 11 heteroatoms. The lowest BCUT2D eigenvalue weighted by Crippen LogP contribution is -2.22. The summed E-state index contributed by atoms with van der Waals surface area (Å²) in [5.41, 5.74) is 12.8. The Morgan fingerprint density at radius 1 is 1.08 bits per heavy atom. The predicted octanol–water partition coefficient (Wildman–Crippen LogP) is 4.61. The second-order valence-electron chi connectivity index (χ2n) is 9.79. The number of nitrogen functional groups attached to an aromatic ring is 1. The number of nitrogens with two attached hydrogens (primary N) is 2. The minimum Gasteiger partial charge on any atom is -0.383 e. The molecule has 4 rings (SSSR count). The van der Waals surface area contributed by atoms with Gasteiger partial charge in [0.15, 0.2) is 0 Å². The molecule has 0 bridgehead atoms. The molecule has 1 aliphatic rings. The van der Waals surface area contributed by atoms with Gasteiger partial charge in [-0.15, -0.1) is 0 Å². The molecule has 0 unspecified atom stereocenters. The third-order valence-electron chi connectivity index (χ3n) is 6.57. The zero-order chi connectivity index (χ0) is 27.6. The number of amides is 2. The molecule has 0 spiro atoms. The summed E-state index contributed by atoms with van der Waals surface area (Å²) in [7, 11) is 0. The Morgan fingerprint density at radius 3 is 2.32 bits per heavy atom. The van der Waals surface area contributed by atoms with Crippen molar-refractivity contribution in [1.29, 1.82) is 0 Å². The summed E-state index contributed by atoms with van der Waals surface area (Å²) in [6.07, 6.45) is -2.61. The molecule has 1 aliphatic heterocycles. The standard InChI is InChI=1S/C27H31F3N6O2/c1-16(2)36-25(31)23(26(32)38)24(34-36)18-7-5-17(6-8-18)13-22(37)33-20-10-9-19(15-35-11-3-4-12-35)21(14-20)27(28,29)30/h5-10,14,16H,3-4,11-13,15,31H2,1-2H3,(H2,32,38)(H,33,37). The largest absolute Gasteiger partial charge is 0.416 e. The summed E-state index contributed by atoms with van der Waals surface area (Å²) in [5.74, 6) is -0.975. The van der Waals surface area contributed by atoms with Crippen molar-refractivity contribution in [3.63, 3.8) is 0 Å². The van der Waals surface area contributed by atoms with Crippen LogP contribution in [0.1, 0.15) is 59.8 Å². The van der Waals surface area contributed by atoms with E-state index in [1.807, 2.05) is 18.7 Å². The number of hydrogen-bond donors (Lipinski definition) is 3. The quantitative estimate of drug-likeness (QED) is 0.395. The summed E-state index contributed by atoms with van der Waals surface area (Å²) >= 11 is 0. The number of nitrogens with zero attached hydrogens (tertiary/aromatic N) is 3. The van der Waals surface area contributed by atoms with Gasteiger partial charge in [-0.25, -0.2) is 4.68 Å². The lowest BCUT2D eigenvalue weighted by Gasteiger charge is -2.20. The number of carbonyl (C=O) groups is 2. The van der Waals surface area contributed by atoms with Crippen LogP contribution in [0.15, 0.2) is 42.5 Å². The van der Waals surface area contributed by atoms with Crippen LogP contribution in [0.2, 0.25) is 0 Å². The second-order valence-corrected chi connectivity index (χ2v) is 9.79. The number of likely N-dealkylation sites (tertiary alicyclic amines) is 1. The molecule has 8 nitrogen and oxygen atoms in total. The molecular formula is C27H31F3N6O2. The van der Waals surface area contributed by atoms with Crippen molar-refractivity contribution in [3.05, 3.63) is 64.7 Å². The predicted molar refractivity (Wildman–Crippen MR) is 139 cm³/mol. The van der Waals surface area contributed by atoms with Gasteiger partial charge in [-0.2, -0.15) is 18.3 Å². The van der Waals surface area contributed by atoms with Crippen LogP contribution >= 0.6 is 0 Å². The van der Waals surface area contributed by atoms with Gasteiger partial charge in [0.1, 0.15) is 17.1 Å². The maximum Gasteiger partial charge on any atom is 0.416 e. The average molecular weight is 529 g/mol. The first-order valence-corrected chi connectivity index (χ1v) is 12.4. The Labute approximate surface area is 218 Å². The highest BCUT2D eigenvalue weighted by molar-refractivity contribution is 6.03. The Bertz CT molecular complexity index is 1330. The number of benzene rings is 2. The van der Waals surface area contributed by atoms with E-state index >= 15 is 0 Å². The second kappa shape index (κ2) is 10.9. The van der Waals surface area contributed by atoms with Crippen LogP contribution < -0.4 is 16.8 Å². The van der Waals surface area contributed by atoms with Gasteiger partial charge in [-0.3, -0.25) is 14.5 Å². The number of nitrogens with one attached hydrogen (secondary N) is 1. The van der Waals surface area contributed by atoms with Gasteiger partial charge < -0.3 is 16.8 Å². The molecule has 2 heterocycles. The molecule has 3 aromatic rings. The van der Waals surface area contributed by atoms with Gasteiger partial charge in [0.25, 0.3) is 5.91 Å². The lowest BCUT2D eigenvalue weighted by atomic mass is 10.0. The first kappa shape index (κ1) is 27.2. The van der Waals surface area contributed by atoms with Crippen LogP contribution in [-0.2, 0) is 23.9 Å². The summed E-state index contributed by atoms with van der Waals surface area (Å²) in [4.78, 5) is 26.6. The fraction of sp³-hybridized carbons (Fsp3) is 0.370. The molecule has 0 radical (unpaired) electrons. The zero-order valence-electron chi connectivity index (χ0n) is 21.3. The maximum atomic E-state index is 13.7. The van der Waals surface area contributed by atoms with Crippen molar-refractivity contribution in [2.24, 2.45) is 5.73 Å². The normalized spacial score (nSPS) is 14.3. The number of alkyl halides is 3. The van der Waals surface area contributed by atoms with E-state index in [0.29, 0.717) is 16.8 Å². The number of anilines is 2. The van der Waals surface area contributed by atoms with Gasteiger partial charge in [0.05, 0.1) is 12.0 Å². The maximum absolute atomic E-state index is 13.7. The van der Waals surface area contributed by atoms with E-state index in [9.17, 15) is 22.8 Å². The van der Waals surface area contributed by atoms with Crippen molar-refractivity contribution < 1.29 is 22.8 Å².